The number of hydrogen-bond donors (Lipinski definition) is 2. The van der Waals surface area contributed by atoms with Crippen LogP contribution in [-0.2, 0) is 4.74 Å². The lowest BCUT2D eigenvalue weighted by Crippen LogP contribution is -2.10. The van der Waals surface area contributed by atoms with E-state index < -0.39 is 5.97 Å². The average molecular weight is 253 g/mol. The monoisotopic (exact) mass is 253 g/mol. The summed E-state index contributed by atoms with van der Waals surface area (Å²) in [5, 5.41) is 11.7. The van der Waals surface area contributed by atoms with Crippen LogP contribution in [0.4, 0.5) is 5.82 Å². The standard InChI is InChI=1S/C12H19N3O3/c1-9(2)8-18-5-3-4-13-11-7-14-10(6-15-11)12(16)17/h6-7,9H,3-5,8H2,1-2H3,(H,13,15)(H,16,17). The van der Waals surface area contributed by atoms with Crippen LogP contribution in [0.5, 0.6) is 0 Å². The van der Waals surface area contributed by atoms with E-state index in [9.17, 15) is 4.79 Å². The molecule has 0 aliphatic heterocycles. The van der Waals surface area contributed by atoms with Crippen LogP contribution in [0.1, 0.15) is 30.8 Å². The Hall–Kier alpha value is -1.69. The highest BCUT2D eigenvalue weighted by Crippen LogP contribution is 2.01. The topological polar surface area (TPSA) is 84.3 Å². The fourth-order valence-electron chi connectivity index (χ4n) is 1.24. The Kier molecular flexibility index (Phi) is 6.07. The minimum atomic E-state index is -1.07. The van der Waals surface area contributed by atoms with Crippen molar-refractivity contribution in [3.8, 4) is 0 Å². The van der Waals surface area contributed by atoms with E-state index in [1.54, 1.807) is 0 Å². The van der Waals surface area contributed by atoms with Gasteiger partial charge in [-0.15, -0.1) is 0 Å². The van der Waals surface area contributed by atoms with Gasteiger partial charge < -0.3 is 15.2 Å². The number of carboxylic acid groups (broad SMARTS) is 1. The Morgan fingerprint density at radius 2 is 2.22 bits per heavy atom. The minimum absolute atomic E-state index is 0.0548. The first-order valence-electron chi connectivity index (χ1n) is 5.96. The molecular weight excluding hydrogens is 234 g/mol. The molecule has 0 saturated heterocycles. The first kappa shape index (κ1) is 14.4. The maximum absolute atomic E-state index is 10.6. The quantitative estimate of drug-likeness (QED) is 0.685. The zero-order chi connectivity index (χ0) is 13.4. The van der Waals surface area contributed by atoms with Gasteiger partial charge in [-0.3, -0.25) is 0 Å². The van der Waals surface area contributed by atoms with Gasteiger partial charge in [0.2, 0.25) is 0 Å². The second kappa shape index (κ2) is 7.60. The molecule has 0 unspecified atom stereocenters. The number of carboxylic acids is 1. The normalized spacial score (nSPS) is 10.6. The van der Waals surface area contributed by atoms with Crippen LogP contribution in [0.3, 0.4) is 0 Å². The Morgan fingerprint density at radius 3 is 2.78 bits per heavy atom. The third-order valence-electron chi connectivity index (χ3n) is 2.09. The highest BCUT2D eigenvalue weighted by Gasteiger charge is 2.04. The molecule has 0 aliphatic rings. The lowest BCUT2D eigenvalue weighted by Gasteiger charge is -2.07. The molecule has 0 aromatic carbocycles. The predicted molar refractivity (Wildman–Crippen MR) is 67.8 cm³/mol. The van der Waals surface area contributed by atoms with Crippen molar-refractivity contribution in [3.63, 3.8) is 0 Å². The molecule has 0 aliphatic carbocycles. The molecule has 2 N–H and O–H groups in total. The number of ether oxygens (including phenoxy) is 1. The lowest BCUT2D eigenvalue weighted by molar-refractivity contribution is 0.0690. The Bertz CT molecular complexity index is 365. The van der Waals surface area contributed by atoms with Gasteiger partial charge in [0, 0.05) is 19.8 Å². The maximum Gasteiger partial charge on any atom is 0.356 e. The van der Waals surface area contributed by atoms with Crippen LogP contribution >= 0.6 is 0 Å². The molecule has 6 nitrogen and oxygen atoms in total. The van der Waals surface area contributed by atoms with Crippen molar-refractivity contribution in [2.75, 3.05) is 25.1 Å². The summed E-state index contributed by atoms with van der Waals surface area (Å²) in [5.41, 5.74) is -0.0548. The van der Waals surface area contributed by atoms with Gasteiger partial charge in [0.1, 0.15) is 5.82 Å². The second-order valence-corrected chi connectivity index (χ2v) is 4.34. The number of aromatic nitrogens is 2. The van der Waals surface area contributed by atoms with Gasteiger partial charge in [0.25, 0.3) is 0 Å². The molecule has 0 saturated carbocycles. The van der Waals surface area contributed by atoms with Crippen molar-refractivity contribution in [2.24, 2.45) is 5.92 Å². The van der Waals surface area contributed by atoms with E-state index in [2.05, 4.69) is 29.1 Å². The predicted octanol–water partition coefficient (Wildman–Crippen LogP) is 1.65. The van der Waals surface area contributed by atoms with Crippen molar-refractivity contribution in [2.45, 2.75) is 20.3 Å². The van der Waals surface area contributed by atoms with Crippen molar-refractivity contribution in [1.29, 1.82) is 0 Å². The maximum atomic E-state index is 10.6. The smallest absolute Gasteiger partial charge is 0.356 e. The van der Waals surface area contributed by atoms with Crippen molar-refractivity contribution >= 4 is 11.8 Å². The molecule has 18 heavy (non-hydrogen) atoms. The number of rotatable bonds is 8. The molecule has 0 atom stereocenters. The summed E-state index contributed by atoms with van der Waals surface area (Å²) in [6.07, 6.45) is 3.52. The lowest BCUT2D eigenvalue weighted by atomic mass is 10.2. The van der Waals surface area contributed by atoms with Gasteiger partial charge in [-0.05, 0) is 12.3 Å². The van der Waals surface area contributed by atoms with Gasteiger partial charge in [-0.2, -0.15) is 0 Å². The van der Waals surface area contributed by atoms with Gasteiger partial charge in [-0.1, -0.05) is 13.8 Å². The SMILES string of the molecule is CC(C)COCCCNc1cnc(C(=O)O)cn1. The highest BCUT2D eigenvalue weighted by molar-refractivity contribution is 5.84. The number of nitrogens with one attached hydrogen (secondary N) is 1. The summed E-state index contributed by atoms with van der Waals surface area (Å²) >= 11 is 0. The Balaban J connectivity index is 2.17. The zero-order valence-electron chi connectivity index (χ0n) is 10.7. The number of hydrogen-bond acceptors (Lipinski definition) is 5. The summed E-state index contributed by atoms with van der Waals surface area (Å²) in [6.45, 7) is 6.41. The molecule has 0 fully saturated rings. The summed E-state index contributed by atoms with van der Waals surface area (Å²) in [7, 11) is 0. The van der Waals surface area contributed by atoms with Gasteiger partial charge in [-0.25, -0.2) is 14.8 Å². The largest absolute Gasteiger partial charge is 0.476 e. The average Bonchev–Trinajstić information content (AvgIpc) is 2.34. The molecule has 0 bridgehead atoms. The molecule has 6 heteroatoms. The summed E-state index contributed by atoms with van der Waals surface area (Å²) in [4.78, 5) is 18.3. The van der Waals surface area contributed by atoms with Crippen molar-refractivity contribution in [1.82, 2.24) is 9.97 Å². The minimum Gasteiger partial charge on any atom is -0.476 e. The van der Waals surface area contributed by atoms with E-state index in [0.29, 0.717) is 18.3 Å². The van der Waals surface area contributed by atoms with Gasteiger partial charge in [0.05, 0.1) is 12.4 Å². The molecular formula is C12H19N3O3. The van der Waals surface area contributed by atoms with Crippen LogP contribution in [-0.4, -0.2) is 40.8 Å². The molecule has 1 aromatic heterocycles. The molecule has 1 rings (SSSR count). The summed E-state index contributed by atoms with van der Waals surface area (Å²) < 4.78 is 5.43. The Morgan fingerprint density at radius 1 is 1.44 bits per heavy atom. The highest BCUT2D eigenvalue weighted by atomic mass is 16.5. The molecule has 0 amide bonds. The molecule has 0 spiro atoms. The number of carbonyl (C=O) groups is 1. The third kappa shape index (κ3) is 5.58. The molecule has 1 heterocycles. The molecule has 100 valence electrons. The van der Waals surface area contributed by atoms with E-state index in [0.717, 1.165) is 19.6 Å². The van der Waals surface area contributed by atoms with Crippen LogP contribution < -0.4 is 5.32 Å². The van der Waals surface area contributed by atoms with E-state index in [1.807, 2.05) is 0 Å². The first-order chi connectivity index (χ1) is 8.59. The summed E-state index contributed by atoms with van der Waals surface area (Å²) in [6, 6.07) is 0. The number of anilines is 1. The number of aromatic carboxylic acids is 1. The molecule has 0 radical (unpaired) electrons. The summed E-state index contributed by atoms with van der Waals surface area (Å²) in [5.74, 6) is 0.0485. The van der Waals surface area contributed by atoms with Crippen LogP contribution in [0.15, 0.2) is 12.4 Å². The second-order valence-electron chi connectivity index (χ2n) is 4.34. The van der Waals surface area contributed by atoms with Gasteiger partial charge in [0.15, 0.2) is 5.69 Å². The van der Waals surface area contributed by atoms with Crippen LogP contribution in [0.25, 0.3) is 0 Å². The van der Waals surface area contributed by atoms with E-state index in [1.165, 1.54) is 12.4 Å². The van der Waals surface area contributed by atoms with Crippen molar-refractivity contribution < 1.29 is 14.6 Å². The fraction of sp³-hybridized carbons (Fsp3) is 0.583. The number of nitrogens with zero attached hydrogens (tertiary/aromatic N) is 2. The first-order valence-corrected chi connectivity index (χ1v) is 5.96. The van der Waals surface area contributed by atoms with Crippen molar-refractivity contribution in [3.05, 3.63) is 18.1 Å². The zero-order valence-corrected chi connectivity index (χ0v) is 10.7. The fourth-order valence-corrected chi connectivity index (χ4v) is 1.24. The van der Waals surface area contributed by atoms with E-state index in [4.69, 9.17) is 9.84 Å². The Labute approximate surface area is 106 Å². The third-order valence-corrected chi connectivity index (χ3v) is 2.09. The van der Waals surface area contributed by atoms with Crippen LogP contribution in [0.2, 0.25) is 0 Å². The van der Waals surface area contributed by atoms with E-state index in [-0.39, 0.29) is 5.69 Å². The van der Waals surface area contributed by atoms with Gasteiger partial charge >= 0.3 is 5.97 Å². The molecule has 1 aromatic rings. The van der Waals surface area contributed by atoms with Crippen LogP contribution in [0, 0.1) is 5.92 Å². The van der Waals surface area contributed by atoms with E-state index >= 15 is 0 Å².